The van der Waals surface area contributed by atoms with Crippen LogP contribution in [0.3, 0.4) is 0 Å². The van der Waals surface area contributed by atoms with Crippen molar-refractivity contribution in [1.29, 1.82) is 0 Å². The monoisotopic (exact) mass is 340 g/mol. The number of hydrogen-bond acceptors (Lipinski definition) is 3. The Morgan fingerprint density at radius 2 is 1.61 bits per heavy atom. The summed E-state index contributed by atoms with van der Waals surface area (Å²) < 4.78 is 23.4. The minimum absolute atomic E-state index is 0.00133. The van der Waals surface area contributed by atoms with Gasteiger partial charge in [0.25, 0.3) is 0 Å². The molecule has 0 radical (unpaired) electrons. The lowest BCUT2D eigenvalue weighted by Crippen LogP contribution is -2.46. The topological polar surface area (TPSA) is 71.4 Å². The van der Waals surface area contributed by atoms with E-state index in [1.165, 1.54) is 6.92 Å². The largest absolute Gasteiger partial charge is 0.480 e. The summed E-state index contributed by atoms with van der Waals surface area (Å²) in [7, 11) is -3.71. The van der Waals surface area contributed by atoms with Crippen molar-refractivity contribution in [2.24, 2.45) is 0 Å². The molecule has 0 saturated heterocycles. The van der Waals surface area contributed by atoms with Gasteiger partial charge in [-0.05, 0) is 18.9 Å². The Kier molecular flexibility index (Phi) is 7.76. The third-order valence-electron chi connectivity index (χ3n) is 4.29. The Hall–Kier alpha value is -1.36. The lowest BCUT2D eigenvalue weighted by atomic mass is 10.0. The average molecular weight is 340 g/mol. The van der Waals surface area contributed by atoms with Gasteiger partial charge in [0.2, 0.25) is 0 Å². The zero-order valence-corrected chi connectivity index (χ0v) is 14.9. The van der Waals surface area contributed by atoms with Gasteiger partial charge in [0.05, 0.1) is 5.75 Å². The number of hydrogen-bond donors (Lipinski definition) is 1. The number of carboxylic acid groups (broad SMARTS) is 1. The van der Waals surface area contributed by atoms with Crippen molar-refractivity contribution in [3.63, 3.8) is 0 Å². The van der Waals surface area contributed by atoms with E-state index < -0.39 is 20.6 Å². The van der Waals surface area contributed by atoms with E-state index >= 15 is 0 Å². The van der Waals surface area contributed by atoms with Crippen LogP contribution in [-0.4, -0.2) is 30.0 Å². The lowest BCUT2D eigenvalue weighted by Gasteiger charge is -2.25. The maximum atomic E-state index is 12.6. The summed E-state index contributed by atoms with van der Waals surface area (Å²) in [5, 5.41) is 9.52. The van der Waals surface area contributed by atoms with E-state index in [-0.39, 0.29) is 12.2 Å². The molecule has 1 aromatic rings. The van der Waals surface area contributed by atoms with E-state index in [0.29, 0.717) is 6.42 Å². The van der Waals surface area contributed by atoms with Gasteiger partial charge in [-0.3, -0.25) is 4.79 Å². The van der Waals surface area contributed by atoms with Crippen molar-refractivity contribution in [3.05, 3.63) is 35.9 Å². The summed E-state index contributed by atoms with van der Waals surface area (Å²) in [6.45, 7) is 3.46. The average Bonchev–Trinajstić information content (AvgIpc) is 2.51. The van der Waals surface area contributed by atoms with Crippen molar-refractivity contribution in [1.82, 2.24) is 0 Å². The first-order valence-corrected chi connectivity index (χ1v) is 9.98. The van der Waals surface area contributed by atoms with Crippen LogP contribution in [0.15, 0.2) is 30.3 Å². The molecule has 0 amide bonds. The predicted molar refractivity (Wildman–Crippen MR) is 93.3 cm³/mol. The molecule has 4 nitrogen and oxygen atoms in total. The highest BCUT2D eigenvalue weighted by atomic mass is 32.2. The number of sulfone groups is 1. The van der Waals surface area contributed by atoms with E-state index in [9.17, 15) is 18.3 Å². The highest BCUT2D eigenvalue weighted by Crippen LogP contribution is 2.25. The number of benzene rings is 1. The van der Waals surface area contributed by atoms with Gasteiger partial charge in [0, 0.05) is 6.42 Å². The molecule has 0 saturated carbocycles. The molecule has 1 atom stereocenters. The Labute approximate surface area is 139 Å². The van der Waals surface area contributed by atoms with Gasteiger partial charge in [-0.15, -0.1) is 0 Å². The van der Waals surface area contributed by atoms with Crippen LogP contribution in [0.2, 0.25) is 0 Å². The second-order valence-corrected chi connectivity index (χ2v) is 8.82. The Morgan fingerprint density at radius 1 is 1.04 bits per heavy atom. The maximum Gasteiger partial charge on any atom is 0.325 e. The van der Waals surface area contributed by atoms with Gasteiger partial charge in [0.15, 0.2) is 14.6 Å². The van der Waals surface area contributed by atoms with Crippen LogP contribution in [-0.2, 0) is 21.1 Å². The van der Waals surface area contributed by atoms with E-state index in [2.05, 4.69) is 6.92 Å². The summed E-state index contributed by atoms with van der Waals surface area (Å²) in [6, 6.07) is 8.94. The number of carbonyl (C=O) groups is 1. The van der Waals surface area contributed by atoms with Gasteiger partial charge in [-0.1, -0.05) is 69.4 Å². The highest BCUT2D eigenvalue weighted by Gasteiger charge is 2.45. The summed E-state index contributed by atoms with van der Waals surface area (Å²) in [5.41, 5.74) is 0.726. The molecule has 23 heavy (non-hydrogen) atoms. The van der Waals surface area contributed by atoms with Crippen LogP contribution in [0.4, 0.5) is 0 Å². The SMILES string of the molecule is CCCCCCCCS(=O)(=O)[C@@](C)(Cc1ccccc1)C(=O)O. The zero-order chi connectivity index (χ0) is 17.3. The molecule has 0 aromatic heterocycles. The fraction of sp³-hybridized carbons (Fsp3) is 0.611. The van der Waals surface area contributed by atoms with E-state index in [4.69, 9.17) is 0 Å². The van der Waals surface area contributed by atoms with E-state index in [0.717, 1.165) is 37.7 Å². The van der Waals surface area contributed by atoms with Gasteiger partial charge >= 0.3 is 5.97 Å². The minimum Gasteiger partial charge on any atom is -0.480 e. The lowest BCUT2D eigenvalue weighted by molar-refractivity contribution is -0.139. The number of aliphatic carboxylic acids is 1. The maximum absolute atomic E-state index is 12.6. The molecule has 0 aliphatic carbocycles. The number of unbranched alkanes of at least 4 members (excludes halogenated alkanes) is 5. The summed E-state index contributed by atoms with van der Waals surface area (Å²) in [5.74, 6) is -1.33. The number of rotatable bonds is 11. The fourth-order valence-corrected chi connectivity index (χ4v) is 4.29. The van der Waals surface area contributed by atoms with Gasteiger partial charge in [-0.2, -0.15) is 0 Å². The van der Waals surface area contributed by atoms with E-state index in [1.807, 2.05) is 6.07 Å². The first-order valence-electron chi connectivity index (χ1n) is 8.33. The minimum atomic E-state index is -3.71. The summed E-state index contributed by atoms with van der Waals surface area (Å²) >= 11 is 0. The zero-order valence-electron chi connectivity index (χ0n) is 14.1. The van der Waals surface area contributed by atoms with Gasteiger partial charge < -0.3 is 5.11 Å². The normalized spacial score (nSPS) is 14.3. The molecule has 1 aromatic carbocycles. The van der Waals surface area contributed by atoms with Crippen LogP contribution in [0.1, 0.15) is 57.9 Å². The van der Waals surface area contributed by atoms with Gasteiger partial charge in [-0.25, -0.2) is 8.42 Å². The van der Waals surface area contributed by atoms with Crippen LogP contribution >= 0.6 is 0 Å². The molecule has 1 N–H and O–H groups in total. The molecule has 0 bridgehead atoms. The molecular formula is C18H28O4S. The first kappa shape index (κ1) is 19.7. The van der Waals surface area contributed by atoms with Crippen LogP contribution in [0.5, 0.6) is 0 Å². The molecule has 0 spiro atoms. The molecule has 0 unspecified atom stereocenters. The molecule has 0 fully saturated rings. The van der Waals surface area contributed by atoms with Crippen molar-refractivity contribution >= 4 is 15.8 Å². The molecule has 130 valence electrons. The van der Waals surface area contributed by atoms with Crippen molar-refractivity contribution in [3.8, 4) is 0 Å². The Bertz CT molecular complexity index is 580. The molecule has 5 heteroatoms. The van der Waals surface area contributed by atoms with Crippen LogP contribution < -0.4 is 0 Å². The third-order valence-corrected chi connectivity index (χ3v) is 6.81. The van der Waals surface area contributed by atoms with Crippen LogP contribution in [0.25, 0.3) is 0 Å². The summed E-state index contributed by atoms with van der Waals surface area (Å²) in [4.78, 5) is 11.7. The third kappa shape index (κ3) is 5.65. The Balaban J connectivity index is 2.72. The van der Waals surface area contributed by atoms with Crippen LogP contribution in [0, 0.1) is 0 Å². The molecule has 1 rings (SSSR count). The molecule has 0 aliphatic rings. The van der Waals surface area contributed by atoms with E-state index in [1.54, 1.807) is 24.3 Å². The standard InChI is InChI=1S/C18H28O4S/c1-3-4-5-6-7-11-14-23(21,22)18(2,17(19)20)15-16-12-9-8-10-13-16/h8-10,12-13H,3-7,11,14-15H2,1-2H3,(H,19,20)/t18-/m0/s1. The van der Waals surface area contributed by atoms with Crippen molar-refractivity contribution < 1.29 is 18.3 Å². The molecule has 0 aliphatic heterocycles. The fourth-order valence-electron chi connectivity index (χ4n) is 2.60. The molecule has 0 heterocycles. The smallest absolute Gasteiger partial charge is 0.325 e. The van der Waals surface area contributed by atoms with Crippen molar-refractivity contribution in [2.75, 3.05) is 5.75 Å². The first-order chi connectivity index (χ1) is 10.8. The highest BCUT2D eigenvalue weighted by molar-refractivity contribution is 7.93. The number of carboxylic acids is 1. The van der Waals surface area contributed by atoms with Crippen molar-refractivity contribution in [2.45, 2.75) is 63.5 Å². The Morgan fingerprint density at radius 3 is 2.17 bits per heavy atom. The van der Waals surface area contributed by atoms with Gasteiger partial charge in [0.1, 0.15) is 0 Å². The molecular weight excluding hydrogens is 312 g/mol. The predicted octanol–water partition coefficient (Wildman–Crippen LogP) is 3.85. The quantitative estimate of drug-likeness (QED) is 0.621. The second kappa shape index (κ2) is 9.06. The second-order valence-electron chi connectivity index (χ2n) is 6.29. The summed E-state index contributed by atoms with van der Waals surface area (Å²) in [6.07, 6.45) is 5.79.